The molecule has 3 aliphatic rings. The molecule has 1 saturated carbocycles. The second kappa shape index (κ2) is 18.0. The van der Waals surface area contributed by atoms with Crippen LogP contribution in [-0.4, -0.2) is 83.6 Å². The Morgan fingerprint density at radius 2 is 1.76 bits per heavy atom. The number of nitrogens with one attached hydrogen (secondary N) is 3. The fourth-order valence-corrected chi connectivity index (χ4v) is 9.26. The predicted molar refractivity (Wildman–Crippen MR) is 184 cm³/mol. The molecule has 0 radical (unpaired) electrons. The van der Waals surface area contributed by atoms with Gasteiger partial charge in [0.05, 0.1) is 19.3 Å². The molecule has 274 valence electrons. The summed E-state index contributed by atoms with van der Waals surface area (Å²) in [5.74, 6) is -3.10. The Morgan fingerprint density at radius 3 is 2.37 bits per heavy atom. The Hall–Kier alpha value is -2.70. The van der Waals surface area contributed by atoms with E-state index in [0.29, 0.717) is 49.4 Å². The van der Waals surface area contributed by atoms with Gasteiger partial charge in [0.25, 0.3) is 0 Å². The van der Waals surface area contributed by atoms with Gasteiger partial charge in [-0.25, -0.2) is 4.79 Å². The first kappa shape index (κ1) is 39.1. The number of halogens is 1. The number of piperidine rings is 1. The lowest BCUT2D eigenvalue weighted by molar-refractivity contribution is -0.130. The van der Waals surface area contributed by atoms with Crippen LogP contribution in [0.15, 0.2) is 24.3 Å². The highest BCUT2D eigenvalue weighted by Gasteiger charge is 2.49. The van der Waals surface area contributed by atoms with Crippen molar-refractivity contribution in [1.29, 1.82) is 0 Å². The zero-order valence-electron chi connectivity index (χ0n) is 28.8. The predicted octanol–water partition coefficient (Wildman–Crippen LogP) is 4.88. The van der Waals surface area contributed by atoms with Gasteiger partial charge in [-0.3, -0.25) is 18.9 Å². The van der Waals surface area contributed by atoms with Gasteiger partial charge in [-0.2, -0.15) is 0 Å². The lowest BCUT2D eigenvalue weighted by Crippen LogP contribution is -2.54. The maximum absolute atomic E-state index is 14.1. The van der Waals surface area contributed by atoms with Gasteiger partial charge in [-0.15, -0.1) is 0 Å². The summed E-state index contributed by atoms with van der Waals surface area (Å²) in [6, 6.07) is 4.66. The second-order valence-electron chi connectivity index (χ2n) is 13.5. The van der Waals surface area contributed by atoms with E-state index >= 15 is 0 Å². The van der Waals surface area contributed by atoms with Crippen LogP contribution in [0, 0.1) is 11.8 Å². The van der Waals surface area contributed by atoms with Crippen molar-refractivity contribution in [2.75, 3.05) is 26.3 Å². The molecule has 4 N–H and O–H groups in total. The van der Waals surface area contributed by atoms with E-state index in [1.54, 1.807) is 43.0 Å². The molecule has 2 aliphatic heterocycles. The topological polar surface area (TPSA) is 173 Å². The number of hydrogen-bond acceptors (Lipinski definition) is 9. The smallest absolute Gasteiger partial charge is 0.408 e. The molecule has 1 aliphatic carbocycles. The third-order valence-electron chi connectivity index (χ3n) is 9.89. The summed E-state index contributed by atoms with van der Waals surface area (Å²) in [7, 11) is -4.16. The van der Waals surface area contributed by atoms with Crippen molar-refractivity contribution in [2.24, 2.45) is 11.8 Å². The third-order valence-corrected chi connectivity index (χ3v) is 12.4. The quantitative estimate of drug-likeness (QED) is 0.184. The van der Waals surface area contributed by atoms with Gasteiger partial charge in [0.15, 0.2) is 5.85 Å². The van der Waals surface area contributed by atoms with Crippen molar-refractivity contribution in [1.82, 2.24) is 20.9 Å². The third kappa shape index (κ3) is 10.9. The summed E-state index contributed by atoms with van der Waals surface area (Å²) < 4.78 is 30.1. The number of nitrogens with zero attached hydrogens (tertiary/aromatic N) is 1. The zero-order chi connectivity index (χ0) is 35.6. The number of benzene rings is 1. The molecule has 49 heavy (non-hydrogen) atoms. The van der Waals surface area contributed by atoms with Crippen LogP contribution in [0.25, 0.3) is 0 Å². The molecule has 15 heteroatoms. The lowest BCUT2D eigenvalue weighted by Gasteiger charge is -2.39. The number of ether oxygens (including phenoxy) is 1. The summed E-state index contributed by atoms with van der Waals surface area (Å²) in [6.45, 7) is 5.69. The minimum atomic E-state index is -4.16. The largest absolute Gasteiger partial charge is 0.445 e. The number of rotatable bonds is 15. The summed E-state index contributed by atoms with van der Waals surface area (Å²) in [4.78, 5) is 54.1. The molecule has 4 atom stereocenters. The van der Waals surface area contributed by atoms with Crippen molar-refractivity contribution in [3.05, 3.63) is 34.9 Å². The molecule has 1 spiro atoms. The van der Waals surface area contributed by atoms with Gasteiger partial charge < -0.3 is 39.7 Å². The maximum atomic E-state index is 14.1. The van der Waals surface area contributed by atoms with E-state index in [1.165, 1.54) is 6.92 Å². The van der Waals surface area contributed by atoms with Crippen LogP contribution in [0.5, 0.6) is 0 Å². The van der Waals surface area contributed by atoms with Crippen molar-refractivity contribution >= 4 is 43.0 Å². The Bertz CT molecular complexity index is 1340. The Morgan fingerprint density at radius 1 is 1.08 bits per heavy atom. The van der Waals surface area contributed by atoms with E-state index in [-0.39, 0.29) is 44.0 Å². The van der Waals surface area contributed by atoms with Gasteiger partial charge in [0.2, 0.25) is 17.7 Å². The van der Waals surface area contributed by atoms with Crippen LogP contribution in [0.3, 0.4) is 0 Å². The van der Waals surface area contributed by atoms with E-state index < -0.39 is 49.0 Å². The SMILES string of the molecule is CCOP(=O)(OCC)C(O)C(CC1CC2(CCN(C(C)=O)CC2)NC1=O)NC(=O)[C@H](CC1CCCCC1)NC(=O)OCc1cccc(Cl)c1. The van der Waals surface area contributed by atoms with Crippen molar-refractivity contribution < 1.29 is 42.6 Å². The van der Waals surface area contributed by atoms with Gasteiger partial charge >= 0.3 is 13.7 Å². The minimum absolute atomic E-state index is 0.0149. The molecule has 3 unspecified atom stereocenters. The number of alkyl carbamates (subject to hydrolysis) is 1. The van der Waals surface area contributed by atoms with Gasteiger partial charge in [-0.05, 0) is 69.6 Å². The van der Waals surface area contributed by atoms with Crippen LogP contribution in [0.4, 0.5) is 4.79 Å². The van der Waals surface area contributed by atoms with Gasteiger partial charge in [0.1, 0.15) is 12.6 Å². The number of aliphatic hydroxyl groups is 1. The number of carbonyl (C=O) groups excluding carboxylic acids is 4. The number of amides is 4. The zero-order valence-corrected chi connectivity index (χ0v) is 30.4. The van der Waals surface area contributed by atoms with Crippen LogP contribution >= 0.6 is 19.2 Å². The lowest BCUT2D eigenvalue weighted by atomic mass is 9.82. The van der Waals surface area contributed by atoms with Crippen LogP contribution in [0.2, 0.25) is 5.02 Å². The molecule has 3 fully saturated rings. The highest BCUT2D eigenvalue weighted by molar-refractivity contribution is 7.54. The van der Waals surface area contributed by atoms with Crippen molar-refractivity contribution in [2.45, 2.75) is 115 Å². The maximum Gasteiger partial charge on any atom is 0.408 e. The molecule has 0 aromatic heterocycles. The fraction of sp³-hybridized carbons (Fsp3) is 0.706. The van der Waals surface area contributed by atoms with Crippen molar-refractivity contribution in [3.8, 4) is 0 Å². The van der Waals surface area contributed by atoms with E-state index in [4.69, 9.17) is 25.4 Å². The first-order valence-electron chi connectivity index (χ1n) is 17.5. The summed E-state index contributed by atoms with van der Waals surface area (Å²) in [5.41, 5.74) is 0.162. The molecule has 1 aromatic rings. The molecule has 0 bridgehead atoms. The molecular formula is C34H52ClN4O9P. The highest BCUT2D eigenvalue weighted by atomic mass is 35.5. The van der Waals surface area contributed by atoms with E-state index in [2.05, 4.69) is 16.0 Å². The molecule has 2 heterocycles. The van der Waals surface area contributed by atoms with E-state index in [0.717, 1.165) is 32.1 Å². The van der Waals surface area contributed by atoms with Crippen LogP contribution in [0.1, 0.15) is 90.5 Å². The second-order valence-corrected chi connectivity index (χ2v) is 16.0. The molecule has 1 aromatic carbocycles. The average molecular weight is 727 g/mol. The Balaban J connectivity index is 1.53. The number of aliphatic hydroxyl groups excluding tert-OH is 1. The molecular weight excluding hydrogens is 675 g/mol. The summed E-state index contributed by atoms with van der Waals surface area (Å²) in [6.07, 6.45) is 6.05. The summed E-state index contributed by atoms with van der Waals surface area (Å²) >= 11 is 6.06. The first-order chi connectivity index (χ1) is 23.4. The Labute approximate surface area is 294 Å². The number of hydrogen-bond donors (Lipinski definition) is 4. The highest BCUT2D eigenvalue weighted by Crippen LogP contribution is 2.54. The summed E-state index contributed by atoms with van der Waals surface area (Å²) in [5, 5.41) is 20.7. The van der Waals surface area contributed by atoms with Crippen LogP contribution < -0.4 is 16.0 Å². The first-order valence-corrected chi connectivity index (χ1v) is 19.5. The Kier molecular flexibility index (Phi) is 14.4. The standard InChI is InChI=1S/C34H52ClN4O9P/c1-4-47-49(45,48-5-2)32(43)29(20-26-21-34(38-30(26)41)14-16-39(17-15-34)23(3)40)36-31(42)28(19-24-10-7-6-8-11-24)37-33(44)46-22-25-12-9-13-27(35)18-25/h9,12-13,18,24,26,28-29,32,43H,4-8,10-11,14-17,19-22H2,1-3H3,(H,36,42)(H,37,44)(H,38,41)/t26?,28-,29?,32?/m0/s1. The molecule has 13 nitrogen and oxygen atoms in total. The fourth-order valence-electron chi connectivity index (χ4n) is 7.31. The van der Waals surface area contributed by atoms with E-state index in [1.807, 2.05) is 0 Å². The molecule has 2 saturated heterocycles. The molecule has 4 rings (SSSR count). The van der Waals surface area contributed by atoms with Gasteiger partial charge in [0, 0.05) is 36.5 Å². The monoisotopic (exact) mass is 726 g/mol. The van der Waals surface area contributed by atoms with Gasteiger partial charge in [-0.1, -0.05) is 55.8 Å². The van der Waals surface area contributed by atoms with Crippen LogP contribution in [-0.2, 0) is 39.3 Å². The normalized spacial score (nSPS) is 21.4. The number of likely N-dealkylation sites (tertiary alicyclic amines) is 1. The van der Waals surface area contributed by atoms with Crippen molar-refractivity contribution in [3.63, 3.8) is 0 Å². The number of carbonyl (C=O) groups is 4. The average Bonchev–Trinajstić information content (AvgIpc) is 3.36. The molecule has 4 amide bonds. The minimum Gasteiger partial charge on any atom is -0.445 e. The van der Waals surface area contributed by atoms with E-state index in [9.17, 15) is 28.8 Å².